The molecule has 0 heterocycles. The van der Waals surface area contributed by atoms with E-state index in [-0.39, 0.29) is 23.8 Å². The maximum Gasteiger partial charge on any atom is 0.312 e. The van der Waals surface area contributed by atoms with Crippen LogP contribution in [-0.2, 0) is 9.53 Å². The Balaban J connectivity index is 2.60. The zero-order valence-corrected chi connectivity index (χ0v) is 9.57. The Labute approximate surface area is 94.2 Å². The molecule has 0 aromatic heterocycles. The molecule has 2 unspecified atom stereocenters. The Morgan fingerprint density at radius 3 is 2.31 bits per heavy atom. The molecule has 0 aliphatic heterocycles. The molecule has 4 heteroatoms. The third kappa shape index (κ3) is 3.22. The van der Waals surface area contributed by atoms with E-state index in [1.165, 1.54) is 31.4 Å². The van der Waals surface area contributed by atoms with E-state index in [0.717, 1.165) is 0 Å². The molecule has 88 valence electrons. The van der Waals surface area contributed by atoms with Gasteiger partial charge in [-0.05, 0) is 38.1 Å². The van der Waals surface area contributed by atoms with E-state index >= 15 is 0 Å². The Kier molecular flexibility index (Phi) is 4.28. The van der Waals surface area contributed by atoms with Crippen LogP contribution in [0.4, 0.5) is 4.39 Å². The van der Waals surface area contributed by atoms with Crippen molar-refractivity contribution >= 4 is 5.97 Å². The van der Waals surface area contributed by atoms with Crippen LogP contribution in [0.5, 0.6) is 5.75 Å². The largest absolute Gasteiger partial charge is 0.490 e. The second-order valence-corrected chi connectivity index (χ2v) is 3.59. The monoisotopic (exact) mass is 226 g/mol. The molecule has 0 saturated carbocycles. The molecule has 3 nitrogen and oxygen atoms in total. The van der Waals surface area contributed by atoms with Gasteiger partial charge in [0, 0.05) is 0 Å². The molecule has 0 radical (unpaired) electrons. The molecule has 1 aromatic rings. The fourth-order valence-corrected chi connectivity index (χ4v) is 1.21. The average Bonchev–Trinajstić information content (AvgIpc) is 2.30. The lowest BCUT2D eigenvalue weighted by atomic mass is 10.1. The number of methoxy groups -OCH3 is 1. The van der Waals surface area contributed by atoms with Gasteiger partial charge in [-0.1, -0.05) is 0 Å². The summed E-state index contributed by atoms with van der Waals surface area (Å²) in [6.07, 6.45) is -0.321. The minimum Gasteiger partial charge on any atom is -0.490 e. The first-order valence-electron chi connectivity index (χ1n) is 5.04. The summed E-state index contributed by atoms with van der Waals surface area (Å²) in [7, 11) is 1.34. The third-order valence-corrected chi connectivity index (χ3v) is 2.41. The van der Waals surface area contributed by atoms with Crippen LogP contribution < -0.4 is 4.74 Å². The standard InChI is InChI=1S/C12H15FO3/c1-8(12(14)15-3)9(2)16-11-6-4-10(13)5-7-11/h4-9H,1-3H3. The van der Waals surface area contributed by atoms with Gasteiger partial charge in [-0.25, -0.2) is 4.39 Å². The first-order chi connectivity index (χ1) is 7.54. The first-order valence-corrected chi connectivity index (χ1v) is 5.04. The van der Waals surface area contributed by atoms with Gasteiger partial charge >= 0.3 is 5.97 Å². The molecule has 0 spiro atoms. The molecule has 0 fully saturated rings. The summed E-state index contributed by atoms with van der Waals surface area (Å²) in [5, 5.41) is 0. The van der Waals surface area contributed by atoms with Crippen LogP contribution in [0.1, 0.15) is 13.8 Å². The zero-order chi connectivity index (χ0) is 12.1. The van der Waals surface area contributed by atoms with E-state index in [1.54, 1.807) is 13.8 Å². The van der Waals surface area contributed by atoms with Crippen LogP contribution in [0, 0.1) is 11.7 Å². The van der Waals surface area contributed by atoms with Crippen molar-refractivity contribution in [2.75, 3.05) is 7.11 Å². The summed E-state index contributed by atoms with van der Waals surface area (Å²) in [6, 6.07) is 5.67. The van der Waals surface area contributed by atoms with Crippen LogP contribution in [0.2, 0.25) is 0 Å². The molecular formula is C12H15FO3. The van der Waals surface area contributed by atoms with Gasteiger partial charge in [0.15, 0.2) is 0 Å². The van der Waals surface area contributed by atoms with Crippen molar-refractivity contribution in [1.82, 2.24) is 0 Å². The third-order valence-electron chi connectivity index (χ3n) is 2.41. The van der Waals surface area contributed by atoms with Gasteiger partial charge in [0.1, 0.15) is 17.7 Å². The molecule has 1 rings (SSSR count). The Bertz CT molecular complexity index is 348. The fraction of sp³-hybridized carbons (Fsp3) is 0.417. The van der Waals surface area contributed by atoms with Crippen molar-refractivity contribution < 1.29 is 18.7 Å². The Morgan fingerprint density at radius 1 is 1.25 bits per heavy atom. The summed E-state index contributed by atoms with van der Waals surface area (Å²) in [6.45, 7) is 3.49. The minimum absolute atomic E-state index is 0.319. The number of hydrogen-bond donors (Lipinski definition) is 0. The van der Waals surface area contributed by atoms with Gasteiger partial charge < -0.3 is 9.47 Å². The molecule has 0 aliphatic rings. The number of benzene rings is 1. The summed E-state index contributed by atoms with van der Waals surface area (Å²) in [5.41, 5.74) is 0. The van der Waals surface area contributed by atoms with Gasteiger partial charge in [0.25, 0.3) is 0 Å². The first kappa shape index (κ1) is 12.5. The number of ether oxygens (including phenoxy) is 2. The highest BCUT2D eigenvalue weighted by molar-refractivity contribution is 5.72. The summed E-state index contributed by atoms with van der Waals surface area (Å²) in [5.74, 6) is -0.477. The molecule has 0 amide bonds. The second-order valence-electron chi connectivity index (χ2n) is 3.59. The number of carbonyl (C=O) groups excluding carboxylic acids is 1. The van der Waals surface area contributed by atoms with Crippen LogP contribution in [-0.4, -0.2) is 19.2 Å². The number of carbonyl (C=O) groups is 1. The SMILES string of the molecule is COC(=O)C(C)C(C)Oc1ccc(F)cc1. The summed E-state index contributed by atoms with van der Waals surface area (Å²) in [4.78, 5) is 11.2. The van der Waals surface area contributed by atoms with E-state index in [0.29, 0.717) is 5.75 Å². The topological polar surface area (TPSA) is 35.5 Å². The van der Waals surface area contributed by atoms with Crippen molar-refractivity contribution in [3.63, 3.8) is 0 Å². The molecule has 1 aromatic carbocycles. The van der Waals surface area contributed by atoms with E-state index < -0.39 is 0 Å². The van der Waals surface area contributed by atoms with Gasteiger partial charge in [0.05, 0.1) is 13.0 Å². The second kappa shape index (κ2) is 5.49. The number of halogens is 1. The number of rotatable bonds is 4. The highest BCUT2D eigenvalue weighted by Crippen LogP contribution is 2.17. The Morgan fingerprint density at radius 2 is 1.81 bits per heavy atom. The van der Waals surface area contributed by atoms with E-state index in [9.17, 15) is 9.18 Å². The molecular weight excluding hydrogens is 211 g/mol. The molecule has 16 heavy (non-hydrogen) atoms. The van der Waals surface area contributed by atoms with E-state index in [4.69, 9.17) is 4.74 Å². The van der Waals surface area contributed by atoms with Gasteiger partial charge in [-0.3, -0.25) is 4.79 Å². The van der Waals surface area contributed by atoms with E-state index in [1.807, 2.05) is 0 Å². The predicted octanol–water partition coefficient (Wildman–Crippen LogP) is 2.40. The molecule has 0 aliphatic carbocycles. The molecule has 2 atom stereocenters. The van der Waals surface area contributed by atoms with E-state index in [2.05, 4.69) is 4.74 Å². The van der Waals surface area contributed by atoms with Gasteiger partial charge in [-0.2, -0.15) is 0 Å². The summed E-state index contributed by atoms with van der Waals surface area (Å²) >= 11 is 0. The lowest BCUT2D eigenvalue weighted by molar-refractivity contribution is -0.147. The lowest BCUT2D eigenvalue weighted by Crippen LogP contribution is -2.29. The lowest BCUT2D eigenvalue weighted by Gasteiger charge is -2.19. The van der Waals surface area contributed by atoms with Crippen molar-refractivity contribution in [1.29, 1.82) is 0 Å². The highest BCUT2D eigenvalue weighted by atomic mass is 19.1. The minimum atomic E-state index is -0.366. The Hall–Kier alpha value is -1.58. The number of hydrogen-bond acceptors (Lipinski definition) is 3. The smallest absolute Gasteiger partial charge is 0.312 e. The van der Waals surface area contributed by atoms with Crippen LogP contribution in [0.15, 0.2) is 24.3 Å². The number of esters is 1. The fourth-order valence-electron chi connectivity index (χ4n) is 1.21. The van der Waals surface area contributed by atoms with Gasteiger partial charge in [0.2, 0.25) is 0 Å². The quantitative estimate of drug-likeness (QED) is 0.739. The normalized spacial score (nSPS) is 14.0. The van der Waals surface area contributed by atoms with Crippen molar-refractivity contribution in [2.45, 2.75) is 20.0 Å². The summed E-state index contributed by atoms with van der Waals surface area (Å²) < 4.78 is 22.7. The van der Waals surface area contributed by atoms with Crippen molar-refractivity contribution in [2.24, 2.45) is 5.92 Å². The van der Waals surface area contributed by atoms with Crippen LogP contribution in [0.3, 0.4) is 0 Å². The molecule has 0 N–H and O–H groups in total. The van der Waals surface area contributed by atoms with Crippen LogP contribution >= 0.6 is 0 Å². The van der Waals surface area contributed by atoms with Crippen molar-refractivity contribution in [3.8, 4) is 5.75 Å². The highest BCUT2D eigenvalue weighted by Gasteiger charge is 2.22. The maximum absolute atomic E-state index is 12.6. The van der Waals surface area contributed by atoms with Crippen LogP contribution in [0.25, 0.3) is 0 Å². The molecule has 0 saturated heterocycles. The zero-order valence-electron chi connectivity index (χ0n) is 9.57. The predicted molar refractivity (Wildman–Crippen MR) is 57.7 cm³/mol. The molecule has 0 bridgehead atoms. The van der Waals surface area contributed by atoms with Gasteiger partial charge in [-0.15, -0.1) is 0 Å². The van der Waals surface area contributed by atoms with Crippen molar-refractivity contribution in [3.05, 3.63) is 30.1 Å². The maximum atomic E-state index is 12.6. The average molecular weight is 226 g/mol.